The van der Waals surface area contributed by atoms with E-state index in [1.807, 2.05) is 13.0 Å². The van der Waals surface area contributed by atoms with Gasteiger partial charge in [-0.25, -0.2) is 9.37 Å². The molecule has 0 radical (unpaired) electrons. The Morgan fingerprint density at radius 1 is 1.06 bits per heavy atom. The van der Waals surface area contributed by atoms with Gasteiger partial charge in [0, 0.05) is 5.56 Å². The van der Waals surface area contributed by atoms with E-state index in [-0.39, 0.29) is 11.1 Å². The summed E-state index contributed by atoms with van der Waals surface area (Å²) in [6.07, 6.45) is 0. The molecule has 9 heteroatoms. The third kappa shape index (κ3) is 4.07. The van der Waals surface area contributed by atoms with Crippen molar-refractivity contribution in [2.24, 2.45) is 0 Å². The second-order valence-corrected chi connectivity index (χ2v) is 9.02. The number of carbonyl (C=O) groups excluding carboxylic acids is 2. The first-order valence-corrected chi connectivity index (χ1v) is 12.0. The number of ether oxygens (including phenoxy) is 2. The van der Waals surface area contributed by atoms with E-state index in [0.29, 0.717) is 34.3 Å². The van der Waals surface area contributed by atoms with Crippen LogP contribution in [0, 0.1) is 5.82 Å². The molecule has 0 saturated carbocycles. The molecule has 1 amide bonds. The van der Waals surface area contributed by atoms with Crippen LogP contribution in [0.3, 0.4) is 0 Å². The molecular formula is C27H21FN2O5S. The number of nitrogens with zero attached hydrogens (tertiary/aromatic N) is 2. The van der Waals surface area contributed by atoms with Gasteiger partial charge in [-0.2, -0.15) is 0 Å². The molecule has 1 aliphatic rings. The largest absolute Gasteiger partial charge is 0.507 e. The normalized spacial score (nSPS) is 17.1. The molecule has 36 heavy (non-hydrogen) atoms. The van der Waals surface area contributed by atoms with Gasteiger partial charge in [0.1, 0.15) is 23.1 Å². The Kier molecular flexibility index (Phi) is 6.15. The molecule has 0 unspecified atom stereocenters. The highest BCUT2D eigenvalue weighted by atomic mass is 32.1. The van der Waals surface area contributed by atoms with Crippen molar-refractivity contribution in [3.8, 4) is 11.5 Å². The maximum absolute atomic E-state index is 13.5. The molecule has 1 saturated heterocycles. The summed E-state index contributed by atoms with van der Waals surface area (Å²) in [4.78, 5) is 32.5. The van der Waals surface area contributed by atoms with Crippen LogP contribution in [-0.4, -0.2) is 35.5 Å². The van der Waals surface area contributed by atoms with E-state index in [1.165, 1.54) is 47.6 Å². The molecule has 4 aromatic rings. The van der Waals surface area contributed by atoms with Gasteiger partial charge in [0.05, 0.1) is 35.5 Å². The summed E-state index contributed by atoms with van der Waals surface area (Å²) < 4.78 is 25.1. The highest BCUT2D eigenvalue weighted by molar-refractivity contribution is 7.22. The zero-order valence-corrected chi connectivity index (χ0v) is 20.2. The van der Waals surface area contributed by atoms with Crippen molar-refractivity contribution in [2.45, 2.75) is 13.0 Å². The van der Waals surface area contributed by atoms with Crippen molar-refractivity contribution in [3.05, 3.63) is 89.2 Å². The van der Waals surface area contributed by atoms with Gasteiger partial charge in [-0.3, -0.25) is 14.5 Å². The van der Waals surface area contributed by atoms with E-state index in [9.17, 15) is 19.1 Å². The summed E-state index contributed by atoms with van der Waals surface area (Å²) in [6, 6.07) is 16.4. The van der Waals surface area contributed by atoms with E-state index in [0.717, 1.165) is 4.70 Å². The van der Waals surface area contributed by atoms with Gasteiger partial charge in [0.25, 0.3) is 5.78 Å². The number of methoxy groups -OCH3 is 1. The number of hydrogen-bond donors (Lipinski definition) is 1. The number of Topliss-reactive ketones (excluding diaryl/α,β-unsaturated/α-hetero) is 1. The lowest BCUT2D eigenvalue weighted by molar-refractivity contribution is -0.132. The maximum atomic E-state index is 13.5. The number of rotatable bonds is 6. The molecule has 0 bridgehead atoms. The quantitative estimate of drug-likeness (QED) is 0.213. The number of halogens is 1. The fourth-order valence-electron chi connectivity index (χ4n) is 4.15. The topological polar surface area (TPSA) is 89.0 Å². The number of aliphatic hydroxyl groups excluding tert-OH is 1. The van der Waals surface area contributed by atoms with Crippen LogP contribution in [0.2, 0.25) is 0 Å². The highest BCUT2D eigenvalue weighted by Gasteiger charge is 2.48. The number of amides is 1. The van der Waals surface area contributed by atoms with Gasteiger partial charge < -0.3 is 14.6 Å². The summed E-state index contributed by atoms with van der Waals surface area (Å²) in [5, 5.41) is 11.4. The van der Waals surface area contributed by atoms with E-state index < -0.39 is 29.3 Å². The number of thiazole rings is 1. The molecule has 1 atom stereocenters. The maximum Gasteiger partial charge on any atom is 0.301 e. The van der Waals surface area contributed by atoms with E-state index >= 15 is 0 Å². The molecule has 0 spiro atoms. The molecule has 3 aromatic carbocycles. The van der Waals surface area contributed by atoms with Crippen molar-refractivity contribution in [2.75, 3.05) is 18.6 Å². The Morgan fingerprint density at radius 2 is 1.75 bits per heavy atom. The van der Waals surface area contributed by atoms with Crippen molar-refractivity contribution in [3.63, 3.8) is 0 Å². The molecule has 1 aliphatic heterocycles. The van der Waals surface area contributed by atoms with Gasteiger partial charge in [-0.15, -0.1) is 0 Å². The Morgan fingerprint density at radius 3 is 2.42 bits per heavy atom. The average molecular weight is 505 g/mol. The SMILES string of the molecule is CCOc1ccc2nc(N3C(=O)C(=O)C(=C(O)c4ccc(F)cc4)[C@H]3c3ccc(OC)cc3)sc2c1. The molecule has 0 aliphatic carbocycles. The molecule has 1 aromatic heterocycles. The van der Waals surface area contributed by atoms with Crippen LogP contribution < -0.4 is 14.4 Å². The van der Waals surface area contributed by atoms with Crippen molar-refractivity contribution >= 4 is 44.1 Å². The van der Waals surface area contributed by atoms with E-state index in [2.05, 4.69) is 4.98 Å². The van der Waals surface area contributed by atoms with Crippen LogP contribution >= 0.6 is 11.3 Å². The molecule has 7 nitrogen and oxygen atoms in total. The number of ketones is 1. The van der Waals surface area contributed by atoms with Crippen LogP contribution in [-0.2, 0) is 9.59 Å². The molecule has 1 fully saturated rings. The minimum atomic E-state index is -0.951. The molecule has 2 heterocycles. The first-order valence-electron chi connectivity index (χ1n) is 11.2. The first kappa shape index (κ1) is 23.5. The van der Waals surface area contributed by atoms with Crippen molar-refractivity contribution < 1.29 is 28.6 Å². The standard InChI is InChI=1S/C27H21FN2O5S/c1-3-35-19-12-13-20-21(14-19)36-27(29-20)30-23(15-6-10-18(34-2)11-7-15)22(25(32)26(30)33)24(31)16-4-8-17(28)9-5-16/h4-14,23,31H,3H2,1-2H3/t23-/m1/s1. The third-order valence-corrected chi connectivity index (χ3v) is 6.88. The lowest BCUT2D eigenvalue weighted by Crippen LogP contribution is -2.29. The highest BCUT2D eigenvalue weighted by Crippen LogP contribution is 2.44. The number of aromatic nitrogens is 1. The molecule has 5 rings (SSSR count). The first-order chi connectivity index (χ1) is 17.4. The van der Waals surface area contributed by atoms with Gasteiger partial charge in [-0.05, 0) is 67.1 Å². The smallest absolute Gasteiger partial charge is 0.301 e. The Labute approximate surface area is 210 Å². The van der Waals surface area contributed by atoms with Gasteiger partial charge in [0.2, 0.25) is 0 Å². The lowest BCUT2D eigenvalue weighted by Gasteiger charge is -2.23. The van der Waals surface area contributed by atoms with Crippen LogP contribution in [0.4, 0.5) is 9.52 Å². The van der Waals surface area contributed by atoms with Crippen LogP contribution in [0.1, 0.15) is 24.1 Å². The average Bonchev–Trinajstić information content (AvgIpc) is 3.42. The number of aliphatic hydroxyl groups is 1. The summed E-state index contributed by atoms with van der Waals surface area (Å²) in [7, 11) is 1.53. The fraction of sp³-hybridized carbons (Fsp3) is 0.148. The van der Waals surface area contributed by atoms with Crippen molar-refractivity contribution in [1.29, 1.82) is 0 Å². The Balaban J connectivity index is 1.68. The number of carbonyl (C=O) groups is 2. The van der Waals surface area contributed by atoms with Crippen LogP contribution in [0.15, 0.2) is 72.3 Å². The monoisotopic (exact) mass is 504 g/mol. The minimum Gasteiger partial charge on any atom is -0.507 e. The number of benzene rings is 3. The Hall–Kier alpha value is -4.24. The van der Waals surface area contributed by atoms with Crippen molar-refractivity contribution in [1.82, 2.24) is 4.98 Å². The molecular weight excluding hydrogens is 483 g/mol. The van der Waals surface area contributed by atoms with E-state index in [1.54, 1.807) is 36.4 Å². The predicted molar refractivity (Wildman–Crippen MR) is 135 cm³/mol. The summed E-state index contributed by atoms with van der Waals surface area (Å²) in [6.45, 7) is 2.39. The van der Waals surface area contributed by atoms with Gasteiger partial charge in [0.15, 0.2) is 5.13 Å². The summed E-state index contributed by atoms with van der Waals surface area (Å²) in [5.41, 5.74) is 1.34. The predicted octanol–water partition coefficient (Wildman–Crippen LogP) is 5.47. The number of anilines is 1. The molecule has 1 N–H and O–H groups in total. The second kappa shape index (κ2) is 9.43. The minimum absolute atomic E-state index is 0.106. The molecule has 182 valence electrons. The zero-order chi connectivity index (χ0) is 25.4. The number of hydrogen-bond acceptors (Lipinski definition) is 7. The lowest BCUT2D eigenvalue weighted by atomic mass is 9.95. The van der Waals surface area contributed by atoms with E-state index in [4.69, 9.17) is 9.47 Å². The number of fused-ring (bicyclic) bond motifs is 1. The van der Waals surface area contributed by atoms with Crippen LogP contribution in [0.25, 0.3) is 16.0 Å². The zero-order valence-electron chi connectivity index (χ0n) is 19.4. The second-order valence-electron chi connectivity index (χ2n) is 8.01. The fourth-order valence-corrected chi connectivity index (χ4v) is 5.17. The summed E-state index contributed by atoms with van der Waals surface area (Å²) >= 11 is 1.24. The van der Waals surface area contributed by atoms with Gasteiger partial charge >= 0.3 is 5.91 Å². The summed E-state index contributed by atoms with van der Waals surface area (Å²) in [5.74, 6) is -1.28. The Bertz CT molecular complexity index is 1500. The van der Waals surface area contributed by atoms with Crippen LogP contribution in [0.5, 0.6) is 11.5 Å². The third-order valence-electron chi connectivity index (χ3n) is 5.86. The van der Waals surface area contributed by atoms with Gasteiger partial charge in [-0.1, -0.05) is 23.5 Å².